The summed E-state index contributed by atoms with van der Waals surface area (Å²) >= 11 is 0. The van der Waals surface area contributed by atoms with Gasteiger partial charge >= 0.3 is 5.69 Å². The largest absolute Gasteiger partial charge is 0.383 e. The van der Waals surface area contributed by atoms with E-state index >= 15 is 8.78 Å². The Hall–Kier alpha value is -4.72. The number of aromatic nitrogens is 4. The molecule has 14 heteroatoms. The number of carbonyl (C=O) groups excluding carboxylic acids is 1. The third kappa shape index (κ3) is 4.49. The molecule has 6 heterocycles. The van der Waals surface area contributed by atoms with Crippen molar-refractivity contribution in [3.05, 3.63) is 77.0 Å². The molecule has 0 aliphatic carbocycles. The number of halogens is 2. The molecule has 3 aliphatic rings. The third-order valence-corrected chi connectivity index (χ3v) is 10.5. The number of benzene rings is 1. The van der Waals surface area contributed by atoms with Crippen LogP contribution in [0.4, 0.5) is 20.3 Å². The molecule has 0 saturated carbocycles. The van der Waals surface area contributed by atoms with Crippen molar-refractivity contribution in [2.75, 3.05) is 48.7 Å². The number of nitrogens with one attached hydrogen (secondary N) is 2. The molecule has 2 saturated heterocycles. The Morgan fingerprint density at radius 3 is 2.62 bits per heavy atom. The van der Waals surface area contributed by atoms with Gasteiger partial charge in [0.15, 0.2) is 11.5 Å². The van der Waals surface area contributed by atoms with Gasteiger partial charge in [0, 0.05) is 50.0 Å². The molecule has 2 bridgehead atoms. The lowest BCUT2D eigenvalue weighted by molar-refractivity contribution is -0.139. The lowest BCUT2D eigenvalue weighted by Crippen LogP contribution is -2.73. The van der Waals surface area contributed by atoms with Gasteiger partial charge < -0.3 is 15.1 Å². The summed E-state index contributed by atoms with van der Waals surface area (Å²) in [6, 6.07) is 6.85. The molecule has 1 aromatic carbocycles. The summed E-state index contributed by atoms with van der Waals surface area (Å²) < 4.78 is 55.6. The van der Waals surface area contributed by atoms with Crippen LogP contribution in [0.2, 0.25) is 0 Å². The monoisotopic (exact) mass is 632 g/mol. The van der Waals surface area contributed by atoms with E-state index in [1.54, 1.807) is 11.0 Å². The molecule has 0 radical (unpaired) electrons. The van der Waals surface area contributed by atoms with Crippen LogP contribution in [0.5, 0.6) is 0 Å². The van der Waals surface area contributed by atoms with Crippen molar-refractivity contribution in [3.63, 3.8) is 0 Å². The Labute approximate surface area is 257 Å². The quantitative estimate of drug-likeness (QED) is 0.325. The van der Waals surface area contributed by atoms with Crippen molar-refractivity contribution >= 4 is 38.2 Å². The van der Waals surface area contributed by atoms with Crippen LogP contribution in [0.15, 0.2) is 58.9 Å². The summed E-state index contributed by atoms with van der Waals surface area (Å²) in [4.78, 5) is 43.2. The number of carbonyl (C=O) groups is 1. The van der Waals surface area contributed by atoms with Gasteiger partial charge in [-0.05, 0) is 36.3 Å². The highest BCUT2D eigenvalue weighted by Gasteiger charge is 2.53. The van der Waals surface area contributed by atoms with E-state index in [1.165, 1.54) is 36.5 Å². The number of amides is 1. The smallest absolute Gasteiger partial charge is 0.355 e. The number of rotatable bonds is 3. The van der Waals surface area contributed by atoms with Crippen LogP contribution in [-0.2, 0) is 14.5 Å². The molecule has 7 rings (SSSR count). The van der Waals surface area contributed by atoms with Crippen LogP contribution in [-0.4, -0.2) is 73.0 Å². The topological polar surface area (TPSA) is 137 Å². The lowest BCUT2D eigenvalue weighted by atomic mass is 9.72. The summed E-state index contributed by atoms with van der Waals surface area (Å²) in [6.45, 7) is 9.24. The first-order chi connectivity index (χ1) is 21.4. The van der Waals surface area contributed by atoms with Crippen molar-refractivity contribution in [1.29, 1.82) is 4.78 Å². The fraction of sp³-hybridized carbons (Fsp3) is 0.323. The molecule has 2 N–H and O–H groups in total. The minimum Gasteiger partial charge on any atom is -0.383 e. The maximum atomic E-state index is 16.1. The van der Waals surface area contributed by atoms with Crippen LogP contribution in [0.25, 0.3) is 28.0 Å². The molecular formula is C31H30F2N8O3S. The highest BCUT2D eigenvalue weighted by molar-refractivity contribution is 7.92. The molecule has 232 valence electrons. The Morgan fingerprint density at radius 1 is 1.16 bits per heavy atom. The van der Waals surface area contributed by atoms with Gasteiger partial charge in [-0.1, -0.05) is 26.5 Å². The van der Waals surface area contributed by atoms with Gasteiger partial charge in [0.05, 0.1) is 42.7 Å². The van der Waals surface area contributed by atoms with Crippen LogP contribution >= 0.6 is 0 Å². The van der Waals surface area contributed by atoms with E-state index < -0.39 is 27.1 Å². The van der Waals surface area contributed by atoms with Crippen molar-refractivity contribution in [2.24, 2.45) is 5.41 Å². The second-order valence-corrected chi connectivity index (χ2v) is 14.4. The lowest BCUT2D eigenvalue weighted by Gasteiger charge is -2.60. The molecule has 45 heavy (non-hydrogen) atoms. The molecule has 2 fully saturated rings. The predicted molar refractivity (Wildman–Crippen MR) is 166 cm³/mol. The summed E-state index contributed by atoms with van der Waals surface area (Å²) in [5.74, 6) is -1.95. The molecular weight excluding hydrogens is 602 g/mol. The average Bonchev–Trinajstić information content (AvgIpc) is 2.95. The molecule has 3 aliphatic heterocycles. The maximum Gasteiger partial charge on any atom is 0.355 e. The SMILES string of the molecule is C=CC(=O)N1CC2(C1)CN(c1nc(=O)n3c4nc(c(F)cc14)-c1c(F)cccc1NCCS(=N)(=O)c1ccnc(C(C)C)c1-3)C2. The summed E-state index contributed by atoms with van der Waals surface area (Å²) in [5.41, 5.74) is -0.739. The molecule has 1 amide bonds. The maximum absolute atomic E-state index is 16.1. The standard InChI is InChI=1S/C31H30F2N8O3S/c1-4-23(42)39-13-31(14-39)15-40(16-31)28-18-12-20(33)26-24-19(32)6-5-7-21(24)35-10-11-45(34,44)22-8-9-36-25(17(2)3)27(22)41(29(18)37-26)30(43)38-28/h4-9,12,17,34-35H,1,10-11,13-16H2,2-3H3. The van der Waals surface area contributed by atoms with E-state index in [0.29, 0.717) is 31.9 Å². The normalized spacial score (nSPS) is 20.0. The first kappa shape index (κ1) is 29.0. The van der Waals surface area contributed by atoms with Gasteiger partial charge in [-0.2, -0.15) is 4.98 Å². The van der Waals surface area contributed by atoms with E-state index in [-0.39, 0.29) is 73.9 Å². The molecule has 1 unspecified atom stereocenters. The summed E-state index contributed by atoms with van der Waals surface area (Å²) in [6.07, 6.45) is 2.73. The summed E-state index contributed by atoms with van der Waals surface area (Å²) in [7, 11) is -3.53. The zero-order valence-electron chi connectivity index (χ0n) is 24.6. The fourth-order valence-corrected chi connectivity index (χ4v) is 8.00. The van der Waals surface area contributed by atoms with Crippen molar-refractivity contribution < 1.29 is 17.8 Å². The Kier molecular flexibility index (Phi) is 6.55. The second-order valence-electron chi connectivity index (χ2n) is 12.2. The van der Waals surface area contributed by atoms with Crippen molar-refractivity contribution in [2.45, 2.75) is 24.7 Å². The molecule has 4 aromatic rings. The minimum absolute atomic E-state index is 0.00685. The number of likely N-dealkylation sites (tertiary alicyclic amines) is 1. The zero-order valence-corrected chi connectivity index (χ0v) is 25.5. The van der Waals surface area contributed by atoms with E-state index in [1.807, 2.05) is 18.7 Å². The number of anilines is 2. The highest BCUT2D eigenvalue weighted by atomic mass is 32.2. The van der Waals surface area contributed by atoms with Crippen molar-refractivity contribution in [1.82, 2.24) is 24.4 Å². The van der Waals surface area contributed by atoms with Gasteiger partial charge in [0.1, 0.15) is 17.3 Å². The summed E-state index contributed by atoms with van der Waals surface area (Å²) in [5, 5.41) is 3.21. The second kappa shape index (κ2) is 10.2. The van der Waals surface area contributed by atoms with Gasteiger partial charge in [0.2, 0.25) is 5.91 Å². The van der Waals surface area contributed by atoms with Gasteiger partial charge in [-0.25, -0.2) is 32.1 Å². The van der Waals surface area contributed by atoms with E-state index in [0.717, 1.165) is 4.57 Å². The Balaban J connectivity index is 1.51. The van der Waals surface area contributed by atoms with Gasteiger partial charge in [-0.15, -0.1) is 0 Å². The third-order valence-electron chi connectivity index (χ3n) is 8.69. The number of nitrogens with zero attached hydrogens (tertiary/aromatic N) is 6. The number of pyridine rings is 2. The van der Waals surface area contributed by atoms with Crippen LogP contribution in [0, 0.1) is 21.8 Å². The first-order valence-electron chi connectivity index (χ1n) is 14.5. The first-order valence-corrected chi connectivity index (χ1v) is 16.2. The number of hydrogen-bond donors (Lipinski definition) is 2. The Bertz CT molecular complexity index is 2100. The number of hydrogen-bond acceptors (Lipinski definition) is 9. The molecule has 1 spiro atoms. The number of fused-ring (bicyclic) bond motifs is 5. The Morgan fingerprint density at radius 2 is 1.91 bits per heavy atom. The molecule has 1 atom stereocenters. The van der Waals surface area contributed by atoms with Crippen molar-refractivity contribution in [3.8, 4) is 16.9 Å². The van der Waals surface area contributed by atoms with E-state index in [4.69, 9.17) is 4.78 Å². The van der Waals surface area contributed by atoms with Crippen LogP contribution in [0.1, 0.15) is 25.5 Å². The fourth-order valence-electron chi connectivity index (χ4n) is 6.60. The van der Waals surface area contributed by atoms with E-state index in [2.05, 4.69) is 26.8 Å². The predicted octanol–water partition coefficient (Wildman–Crippen LogP) is 3.91. The van der Waals surface area contributed by atoms with Crippen LogP contribution in [0.3, 0.4) is 0 Å². The van der Waals surface area contributed by atoms with Gasteiger partial charge in [-0.3, -0.25) is 9.78 Å². The highest BCUT2D eigenvalue weighted by Crippen LogP contribution is 2.44. The molecule has 3 aromatic heterocycles. The zero-order chi connectivity index (χ0) is 31.8. The van der Waals surface area contributed by atoms with E-state index in [9.17, 15) is 13.8 Å². The minimum atomic E-state index is -3.53. The molecule has 11 nitrogen and oxygen atoms in total. The average molecular weight is 633 g/mol. The van der Waals surface area contributed by atoms with Crippen LogP contribution < -0.4 is 15.9 Å². The van der Waals surface area contributed by atoms with Gasteiger partial charge in [0.25, 0.3) is 0 Å².